The van der Waals surface area contributed by atoms with Crippen LogP contribution in [0, 0.1) is 17.8 Å². The number of thiazole rings is 1. The molecule has 9 heteroatoms. The molecule has 3 fully saturated rings. The topological polar surface area (TPSA) is 104 Å². The van der Waals surface area contributed by atoms with E-state index in [1.807, 2.05) is 41.8 Å². The summed E-state index contributed by atoms with van der Waals surface area (Å²) >= 11 is 1.44. The van der Waals surface area contributed by atoms with Crippen molar-refractivity contribution in [2.24, 2.45) is 17.8 Å². The minimum atomic E-state index is -0.923. The number of aromatic nitrogens is 2. The molecule has 8 nitrogen and oxygen atoms in total. The lowest BCUT2D eigenvalue weighted by molar-refractivity contribution is -0.141. The van der Waals surface area contributed by atoms with Crippen LogP contribution in [-0.4, -0.2) is 45.9 Å². The van der Waals surface area contributed by atoms with Crippen LogP contribution in [0.2, 0.25) is 0 Å². The number of carbonyl (C=O) groups is 3. The zero-order valence-electron chi connectivity index (χ0n) is 23.4. The van der Waals surface area contributed by atoms with Crippen molar-refractivity contribution >= 4 is 40.1 Å². The fourth-order valence-corrected chi connectivity index (χ4v) is 6.91. The van der Waals surface area contributed by atoms with Crippen LogP contribution in [-0.2, 0) is 14.4 Å². The molecule has 3 aliphatic carbocycles. The normalized spacial score (nSPS) is 17.8. The van der Waals surface area contributed by atoms with Crippen LogP contribution in [0.4, 0.5) is 10.9 Å². The van der Waals surface area contributed by atoms with E-state index in [1.165, 1.54) is 11.3 Å². The van der Waals surface area contributed by atoms with Crippen molar-refractivity contribution in [3.05, 3.63) is 48.0 Å². The van der Waals surface area contributed by atoms with Crippen LogP contribution in [0.5, 0.6) is 0 Å². The highest BCUT2D eigenvalue weighted by Gasteiger charge is 2.40. The second-order valence-electron chi connectivity index (χ2n) is 11.8. The Morgan fingerprint density at radius 1 is 1.00 bits per heavy atom. The summed E-state index contributed by atoms with van der Waals surface area (Å²) in [5.41, 5.74) is 3.59. The zero-order chi connectivity index (χ0) is 28.5. The number of hydrogen-bond acceptors (Lipinski definition) is 6. The first-order chi connectivity index (χ1) is 19.9. The van der Waals surface area contributed by atoms with E-state index in [0.717, 1.165) is 73.8 Å². The Bertz CT molecular complexity index is 1420. The lowest BCUT2D eigenvalue weighted by atomic mass is 9.90. The first kappa shape index (κ1) is 27.6. The van der Waals surface area contributed by atoms with Gasteiger partial charge < -0.3 is 5.11 Å². The van der Waals surface area contributed by atoms with Gasteiger partial charge in [-0.25, -0.2) is 9.97 Å². The van der Waals surface area contributed by atoms with E-state index in [1.54, 1.807) is 23.0 Å². The lowest BCUT2D eigenvalue weighted by Gasteiger charge is -2.26. The highest BCUT2D eigenvalue weighted by molar-refractivity contribution is 7.14. The van der Waals surface area contributed by atoms with E-state index in [4.69, 9.17) is 4.98 Å². The van der Waals surface area contributed by atoms with E-state index in [0.29, 0.717) is 23.3 Å². The maximum atomic E-state index is 13.9. The van der Waals surface area contributed by atoms with Crippen molar-refractivity contribution in [2.45, 2.75) is 70.3 Å². The Kier molecular flexibility index (Phi) is 7.88. The van der Waals surface area contributed by atoms with Gasteiger partial charge in [0.1, 0.15) is 5.82 Å². The van der Waals surface area contributed by atoms with Gasteiger partial charge >= 0.3 is 5.97 Å². The van der Waals surface area contributed by atoms with Gasteiger partial charge in [0.05, 0.1) is 12.1 Å². The average Bonchev–Trinajstić information content (AvgIpc) is 3.90. The molecule has 0 spiro atoms. The molecule has 1 atom stereocenters. The van der Waals surface area contributed by atoms with Crippen molar-refractivity contribution in [1.29, 1.82) is 0 Å². The summed E-state index contributed by atoms with van der Waals surface area (Å²) < 4.78 is 0. The summed E-state index contributed by atoms with van der Waals surface area (Å²) in [4.78, 5) is 51.0. The number of hydrogen-bond donors (Lipinski definition) is 1. The van der Waals surface area contributed by atoms with Gasteiger partial charge in [0.15, 0.2) is 5.13 Å². The minimum absolute atomic E-state index is 0.0868. The molecule has 3 aromatic rings. The number of carboxylic acid groups (broad SMARTS) is 1. The summed E-state index contributed by atoms with van der Waals surface area (Å²) in [6, 6.07) is 11.9. The number of carboxylic acids is 1. The van der Waals surface area contributed by atoms with Crippen LogP contribution in [0.15, 0.2) is 48.0 Å². The van der Waals surface area contributed by atoms with Gasteiger partial charge in [-0.15, -0.1) is 11.3 Å². The summed E-state index contributed by atoms with van der Waals surface area (Å²) in [6.07, 6.45) is 10.5. The average molecular weight is 573 g/mol. The van der Waals surface area contributed by atoms with E-state index in [-0.39, 0.29) is 30.2 Å². The highest BCUT2D eigenvalue weighted by Crippen LogP contribution is 2.41. The van der Waals surface area contributed by atoms with E-state index >= 15 is 0 Å². The molecule has 1 N–H and O–H groups in total. The maximum Gasteiger partial charge on any atom is 0.304 e. The van der Waals surface area contributed by atoms with E-state index < -0.39 is 11.9 Å². The number of nitrogens with zero attached hydrogens (tertiary/aromatic N) is 4. The second-order valence-corrected chi connectivity index (χ2v) is 12.6. The third kappa shape index (κ3) is 6.20. The SMILES string of the molecule is CN(C(=O)C1CC1)c1ccc(-c2ccccc2-c2csc(N(C(=O)C(CC(=O)O)CC3CCCC3)C3CC3)n2)cn1. The second kappa shape index (κ2) is 11.7. The smallest absolute Gasteiger partial charge is 0.304 e. The van der Waals surface area contributed by atoms with Gasteiger partial charge in [0.2, 0.25) is 11.8 Å². The molecular formula is C32H36N4O4S. The minimum Gasteiger partial charge on any atom is -0.481 e. The number of pyridine rings is 1. The van der Waals surface area contributed by atoms with Gasteiger partial charge in [0.25, 0.3) is 0 Å². The maximum absolute atomic E-state index is 13.9. The fourth-order valence-electron chi connectivity index (χ4n) is 6.01. The van der Waals surface area contributed by atoms with Crippen molar-refractivity contribution in [3.63, 3.8) is 0 Å². The Hall–Kier alpha value is -3.59. The molecule has 41 heavy (non-hydrogen) atoms. The molecule has 0 aliphatic heterocycles. The van der Waals surface area contributed by atoms with E-state index in [9.17, 15) is 19.5 Å². The quantitative estimate of drug-likeness (QED) is 0.285. The number of aliphatic carboxylic acids is 1. The summed E-state index contributed by atoms with van der Waals surface area (Å²) in [7, 11) is 1.77. The van der Waals surface area contributed by atoms with Crippen molar-refractivity contribution < 1.29 is 19.5 Å². The first-order valence-electron chi connectivity index (χ1n) is 14.7. The highest BCUT2D eigenvalue weighted by atomic mass is 32.1. The summed E-state index contributed by atoms with van der Waals surface area (Å²) in [5.74, 6) is -0.241. The summed E-state index contributed by atoms with van der Waals surface area (Å²) in [6.45, 7) is 0. The molecule has 1 aromatic carbocycles. The Labute approximate surface area is 244 Å². The molecule has 2 amide bonds. The van der Waals surface area contributed by atoms with Gasteiger partial charge in [-0.05, 0) is 55.7 Å². The summed E-state index contributed by atoms with van der Waals surface area (Å²) in [5, 5.41) is 12.2. The first-order valence-corrected chi connectivity index (χ1v) is 15.6. The van der Waals surface area contributed by atoms with E-state index in [2.05, 4.69) is 4.98 Å². The van der Waals surface area contributed by atoms with Gasteiger partial charge in [-0.2, -0.15) is 0 Å². The molecule has 3 saturated carbocycles. The molecule has 0 bridgehead atoms. The Morgan fingerprint density at radius 3 is 2.37 bits per heavy atom. The standard InChI is InChI=1S/C32H36N4O4S/c1-35(30(39)21-10-11-21)28-15-12-22(18-33-28)25-8-4-5-9-26(25)27-19-41-32(34-27)36(24-13-14-24)31(40)23(17-29(37)38)16-20-6-2-3-7-20/h4-5,8-9,12,15,18-21,23-24H,2-3,6-7,10-11,13-14,16-17H2,1H3,(H,37,38). The molecule has 2 aromatic heterocycles. The Balaban J connectivity index is 1.25. The van der Waals surface area contributed by atoms with Crippen LogP contribution in [0.25, 0.3) is 22.4 Å². The van der Waals surface area contributed by atoms with Crippen LogP contribution in [0.1, 0.15) is 64.2 Å². The van der Waals surface area contributed by atoms with Crippen LogP contribution < -0.4 is 9.80 Å². The monoisotopic (exact) mass is 572 g/mol. The molecule has 0 radical (unpaired) electrons. The molecular weight excluding hydrogens is 536 g/mol. The van der Waals surface area contributed by atoms with Crippen molar-refractivity contribution in [2.75, 3.05) is 16.8 Å². The molecule has 2 heterocycles. The molecule has 214 valence electrons. The van der Waals surface area contributed by atoms with Gasteiger partial charge in [-0.1, -0.05) is 49.9 Å². The molecule has 6 rings (SSSR count). The predicted octanol–water partition coefficient (Wildman–Crippen LogP) is 6.41. The molecule has 0 saturated heterocycles. The van der Waals surface area contributed by atoms with Crippen LogP contribution in [0.3, 0.4) is 0 Å². The van der Waals surface area contributed by atoms with Crippen molar-refractivity contribution in [3.8, 4) is 22.4 Å². The van der Waals surface area contributed by atoms with Crippen molar-refractivity contribution in [1.82, 2.24) is 9.97 Å². The fraction of sp³-hybridized carbons (Fsp3) is 0.469. The van der Waals surface area contributed by atoms with Gasteiger partial charge in [0, 0.05) is 47.6 Å². The lowest BCUT2D eigenvalue weighted by Crippen LogP contribution is -2.39. The number of anilines is 2. The predicted molar refractivity (Wildman–Crippen MR) is 160 cm³/mol. The zero-order valence-corrected chi connectivity index (χ0v) is 24.2. The van der Waals surface area contributed by atoms with Crippen LogP contribution >= 0.6 is 11.3 Å². The largest absolute Gasteiger partial charge is 0.481 e. The Morgan fingerprint density at radius 2 is 1.73 bits per heavy atom. The third-order valence-electron chi connectivity index (χ3n) is 8.57. The van der Waals surface area contributed by atoms with Gasteiger partial charge in [-0.3, -0.25) is 24.2 Å². The molecule has 1 unspecified atom stereocenters. The number of rotatable bonds is 11. The molecule has 3 aliphatic rings. The third-order valence-corrected chi connectivity index (χ3v) is 9.41. The number of amides is 2. The number of carbonyl (C=O) groups excluding carboxylic acids is 2. The number of benzene rings is 1.